The highest BCUT2D eigenvalue weighted by Crippen LogP contribution is 2.35. The fourth-order valence-electron chi connectivity index (χ4n) is 3.78. The van der Waals surface area contributed by atoms with Crippen molar-refractivity contribution in [1.29, 1.82) is 0 Å². The van der Waals surface area contributed by atoms with Crippen molar-refractivity contribution >= 4 is 22.2 Å². The molecule has 1 aromatic heterocycles. The molecule has 1 atom stereocenters. The van der Waals surface area contributed by atoms with E-state index in [0.29, 0.717) is 29.1 Å². The lowest BCUT2D eigenvalue weighted by molar-refractivity contribution is -0.137. The Morgan fingerprint density at radius 3 is 2.84 bits per heavy atom. The lowest BCUT2D eigenvalue weighted by Crippen LogP contribution is -2.24. The maximum Gasteiger partial charge on any atom is 0.416 e. The Morgan fingerprint density at radius 2 is 2.10 bits per heavy atom. The van der Waals surface area contributed by atoms with Crippen LogP contribution in [0.2, 0.25) is 0 Å². The highest BCUT2D eigenvalue weighted by molar-refractivity contribution is 9.09. The van der Waals surface area contributed by atoms with E-state index in [1.54, 1.807) is 18.3 Å². The van der Waals surface area contributed by atoms with E-state index in [2.05, 4.69) is 31.0 Å². The lowest BCUT2D eigenvalue weighted by Gasteiger charge is -2.18. The van der Waals surface area contributed by atoms with Gasteiger partial charge in [0, 0.05) is 35.7 Å². The molecule has 0 fully saturated rings. The van der Waals surface area contributed by atoms with E-state index in [1.807, 2.05) is 12.1 Å². The third-order valence-corrected chi connectivity index (χ3v) is 5.63. The average Bonchev–Trinajstić information content (AvgIpc) is 3.35. The number of nitrogens with zero attached hydrogens (tertiary/aromatic N) is 2. The number of fused-ring (bicyclic) bond motifs is 1. The van der Waals surface area contributed by atoms with Gasteiger partial charge in [-0.3, -0.25) is 10.00 Å². The van der Waals surface area contributed by atoms with Gasteiger partial charge in [0.15, 0.2) is 0 Å². The van der Waals surface area contributed by atoms with Crippen molar-refractivity contribution in [3.8, 4) is 17.0 Å². The molecule has 2 aromatic carbocycles. The zero-order valence-corrected chi connectivity index (χ0v) is 17.9. The number of alkyl halides is 4. The summed E-state index contributed by atoms with van der Waals surface area (Å²) >= 11 is 3.41. The van der Waals surface area contributed by atoms with Gasteiger partial charge in [0.25, 0.3) is 0 Å². The summed E-state index contributed by atoms with van der Waals surface area (Å²) in [6.07, 6.45) is -1.86. The molecule has 31 heavy (non-hydrogen) atoms. The zero-order chi connectivity index (χ0) is 22.0. The molecule has 0 radical (unpaired) electrons. The number of carbonyl (C=O) groups is 1. The quantitative estimate of drug-likeness (QED) is 0.366. The molecule has 0 saturated heterocycles. The molecule has 162 valence electrons. The summed E-state index contributed by atoms with van der Waals surface area (Å²) in [4.78, 5) is 13.6. The van der Waals surface area contributed by atoms with Crippen LogP contribution in [-0.4, -0.2) is 33.3 Å². The maximum absolute atomic E-state index is 13.0. The summed E-state index contributed by atoms with van der Waals surface area (Å²) in [5.41, 5.74) is 2.69. The van der Waals surface area contributed by atoms with Crippen molar-refractivity contribution in [2.24, 2.45) is 0 Å². The molecule has 1 aliphatic heterocycles. The van der Waals surface area contributed by atoms with E-state index in [4.69, 9.17) is 4.74 Å². The predicted molar refractivity (Wildman–Crippen MR) is 113 cm³/mol. The smallest absolute Gasteiger partial charge is 0.416 e. The molecule has 5 nitrogen and oxygen atoms in total. The number of ether oxygens (including phenoxy) is 1. The zero-order valence-electron chi connectivity index (χ0n) is 16.3. The largest absolute Gasteiger partial charge is 0.489 e. The number of aldehydes is 1. The van der Waals surface area contributed by atoms with E-state index in [-0.39, 0.29) is 12.6 Å². The fraction of sp³-hybridized carbons (Fsp3) is 0.273. The fourth-order valence-corrected chi connectivity index (χ4v) is 4.23. The van der Waals surface area contributed by atoms with Gasteiger partial charge in [0.2, 0.25) is 0 Å². The van der Waals surface area contributed by atoms with E-state index >= 15 is 0 Å². The van der Waals surface area contributed by atoms with Gasteiger partial charge < -0.3 is 9.53 Å². The Labute approximate surface area is 185 Å². The first-order valence-electron chi connectivity index (χ1n) is 9.62. The maximum atomic E-state index is 13.0. The molecule has 2 heterocycles. The summed E-state index contributed by atoms with van der Waals surface area (Å²) in [6, 6.07) is 10.4. The number of aromatic amines is 1. The van der Waals surface area contributed by atoms with Gasteiger partial charge in [-0.25, -0.2) is 0 Å². The lowest BCUT2D eigenvalue weighted by atomic mass is 10.0. The van der Waals surface area contributed by atoms with Crippen molar-refractivity contribution in [2.75, 3.05) is 11.9 Å². The summed E-state index contributed by atoms with van der Waals surface area (Å²) in [6.45, 7) is 1.55. The minimum absolute atomic E-state index is 0.142. The first kappa shape index (κ1) is 21.6. The minimum atomic E-state index is -4.42. The van der Waals surface area contributed by atoms with Crippen LogP contribution < -0.4 is 4.74 Å². The van der Waals surface area contributed by atoms with Gasteiger partial charge in [-0.1, -0.05) is 34.1 Å². The van der Waals surface area contributed by atoms with Gasteiger partial charge >= 0.3 is 6.18 Å². The van der Waals surface area contributed by atoms with E-state index in [1.165, 1.54) is 6.07 Å². The monoisotopic (exact) mass is 493 g/mol. The number of halogens is 4. The van der Waals surface area contributed by atoms with Crippen LogP contribution in [0.15, 0.2) is 48.7 Å². The molecular formula is C22H19BrF3N3O2. The molecule has 1 unspecified atom stereocenters. The molecule has 0 aliphatic carbocycles. The highest BCUT2D eigenvalue weighted by atomic mass is 79.9. The molecule has 0 spiro atoms. The number of carbonyl (C=O) groups excluding carboxylic acids is 1. The van der Waals surface area contributed by atoms with Crippen LogP contribution in [-0.2, 0) is 24.1 Å². The predicted octanol–water partition coefficient (Wildman–Crippen LogP) is 5.13. The molecule has 1 aliphatic rings. The first-order chi connectivity index (χ1) is 14.9. The Kier molecular flexibility index (Phi) is 6.15. The van der Waals surface area contributed by atoms with Crippen LogP contribution in [0, 0.1) is 0 Å². The number of hydrogen-bond donors (Lipinski definition) is 1. The van der Waals surface area contributed by atoms with E-state index in [0.717, 1.165) is 41.4 Å². The Hall–Kier alpha value is -2.65. The van der Waals surface area contributed by atoms with E-state index < -0.39 is 11.7 Å². The third-order valence-electron chi connectivity index (χ3n) is 5.28. The summed E-state index contributed by atoms with van der Waals surface area (Å²) in [5, 5.41) is 7.59. The SMILES string of the molecule is O=CC1c2ccc(OCc3c[nH]nc3-c3cccc(C(F)(F)F)c3)cc2CN1CCBr. The standard InChI is InChI=1S/C22H19BrF3N3O2/c23-6-7-29-11-15-9-18(4-5-19(15)20(29)12-30)31-13-16-10-27-28-21(16)14-2-1-3-17(8-14)22(24,25)26/h1-5,8-10,12,20H,6-7,11,13H2,(H,27,28). The molecular weight excluding hydrogens is 475 g/mol. The van der Waals surface area contributed by atoms with Crippen molar-refractivity contribution in [3.05, 3.63) is 70.9 Å². The Balaban J connectivity index is 1.51. The molecule has 0 amide bonds. The molecule has 3 aromatic rings. The van der Waals surface area contributed by atoms with Crippen LogP contribution >= 0.6 is 15.9 Å². The van der Waals surface area contributed by atoms with Gasteiger partial charge in [-0.2, -0.15) is 18.3 Å². The second-order valence-electron chi connectivity index (χ2n) is 7.23. The Morgan fingerprint density at radius 1 is 1.26 bits per heavy atom. The van der Waals surface area contributed by atoms with Crippen molar-refractivity contribution in [2.45, 2.75) is 25.4 Å². The minimum Gasteiger partial charge on any atom is -0.489 e. The highest BCUT2D eigenvalue weighted by Gasteiger charge is 2.31. The molecule has 4 rings (SSSR count). The van der Waals surface area contributed by atoms with Crippen LogP contribution in [0.4, 0.5) is 13.2 Å². The summed E-state index contributed by atoms with van der Waals surface area (Å²) in [5.74, 6) is 0.625. The number of nitrogens with one attached hydrogen (secondary N) is 1. The number of aromatic nitrogens is 2. The van der Waals surface area contributed by atoms with Crippen LogP contribution in [0.25, 0.3) is 11.3 Å². The van der Waals surface area contributed by atoms with Crippen molar-refractivity contribution in [3.63, 3.8) is 0 Å². The third kappa shape index (κ3) is 4.52. The second kappa shape index (κ2) is 8.84. The van der Waals surface area contributed by atoms with Crippen LogP contribution in [0.1, 0.15) is 28.3 Å². The van der Waals surface area contributed by atoms with Crippen LogP contribution in [0.5, 0.6) is 5.75 Å². The molecule has 0 saturated carbocycles. The summed E-state index contributed by atoms with van der Waals surface area (Å²) in [7, 11) is 0. The average molecular weight is 494 g/mol. The summed E-state index contributed by atoms with van der Waals surface area (Å²) < 4.78 is 45.0. The van der Waals surface area contributed by atoms with Crippen molar-refractivity contribution < 1.29 is 22.7 Å². The van der Waals surface area contributed by atoms with Crippen molar-refractivity contribution in [1.82, 2.24) is 15.1 Å². The van der Waals surface area contributed by atoms with Gasteiger partial charge in [0.05, 0.1) is 17.3 Å². The van der Waals surface area contributed by atoms with Gasteiger partial charge in [-0.15, -0.1) is 0 Å². The van der Waals surface area contributed by atoms with Gasteiger partial charge in [-0.05, 0) is 35.4 Å². The normalized spacial score (nSPS) is 16.3. The first-order valence-corrected chi connectivity index (χ1v) is 10.7. The molecule has 9 heteroatoms. The number of rotatable bonds is 7. The number of H-pyrrole nitrogens is 1. The number of hydrogen-bond acceptors (Lipinski definition) is 4. The molecule has 0 bridgehead atoms. The molecule has 1 N–H and O–H groups in total. The Bertz CT molecular complexity index is 1080. The van der Waals surface area contributed by atoms with Crippen LogP contribution in [0.3, 0.4) is 0 Å². The van der Waals surface area contributed by atoms with Gasteiger partial charge in [0.1, 0.15) is 18.6 Å². The number of benzene rings is 2. The topological polar surface area (TPSA) is 58.2 Å². The second-order valence-corrected chi connectivity index (χ2v) is 8.02. The van der Waals surface area contributed by atoms with E-state index in [9.17, 15) is 18.0 Å².